The predicted octanol–water partition coefficient (Wildman–Crippen LogP) is 3.91. The molecule has 0 bridgehead atoms. The number of carbonyl (C=O) groups excluding carboxylic acids is 1. The van der Waals surface area contributed by atoms with E-state index in [0.29, 0.717) is 24.3 Å². The number of anilines is 1. The number of amides is 1. The van der Waals surface area contributed by atoms with Crippen LogP contribution in [0.15, 0.2) is 24.5 Å². The quantitative estimate of drug-likeness (QED) is 0.398. The molecule has 1 amide bonds. The fourth-order valence-electron chi connectivity index (χ4n) is 6.65. The number of hydrogen-bond donors (Lipinski definition) is 1. The summed E-state index contributed by atoms with van der Waals surface area (Å²) in [7, 11) is 3.97. The fraction of sp³-hybridized carbons (Fsp3) is 0.677. The lowest BCUT2D eigenvalue weighted by atomic mass is 9.76. The van der Waals surface area contributed by atoms with Gasteiger partial charge in [-0.3, -0.25) is 9.69 Å². The predicted molar refractivity (Wildman–Crippen MR) is 161 cm³/mol. The summed E-state index contributed by atoms with van der Waals surface area (Å²) in [5, 5.41) is 18.8. The molecule has 0 aliphatic carbocycles. The summed E-state index contributed by atoms with van der Waals surface area (Å²) < 4.78 is 20.5. The maximum absolute atomic E-state index is 14.3. The number of aliphatic hydroxyl groups excluding tert-OH is 1. The highest BCUT2D eigenvalue weighted by Crippen LogP contribution is 2.44. The first kappa shape index (κ1) is 32.0. The number of rotatable bonds is 12. The fourth-order valence-corrected chi connectivity index (χ4v) is 6.65. The number of nitrogens with zero attached hydrogens (tertiary/aromatic N) is 7. The van der Waals surface area contributed by atoms with E-state index in [2.05, 4.69) is 38.8 Å². The molecule has 2 saturated heterocycles. The smallest absolute Gasteiger partial charge is 0.282 e. The molecule has 1 spiro atoms. The lowest BCUT2D eigenvalue weighted by molar-refractivity contribution is -0.0476. The molecular formula is C31H48FN7O3. The minimum Gasteiger partial charge on any atom is -0.434 e. The Bertz CT molecular complexity index is 1210. The third-order valence-electron chi connectivity index (χ3n) is 8.44. The van der Waals surface area contributed by atoms with Crippen molar-refractivity contribution in [2.24, 2.45) is 11.3 Å². The van der Waals surface area contributed by atoms with Crippen molar-refractivity contribution in [1.82, 2.24) is 29.9 Å². The zero-order valence-corrected chi connectivity index (χ0v) is 26.4. The van der Waals surface area contributed by atoms with E-state index in [4.69, 9.17) is 4.74 Å². The van der Waals surface area contributed by atoms with Crippen LogP contribution in [0.5, 0.6) is 11.6 Å². The Morgan fingerprint density at radius 2 is 1.81 bits per heavy atom. The summed E-state index contributed by atoms with van der Waals surface area (Å²) >= 11 is 0. The minimum atomic E-state index is -0.513. The molecule has 232 valence electrons. The normalized spacial score (nSPS) is 18.3. The first-order chi connectivity index (χ1) is 19.8. The Morgan fingerprint density at radius 1 is 1.12 bits per heavy atom. The second-order valence-corrected chi connectivity index (χ2v) is 13.3. The molecular weight excluding hydrogens is 537 g/mol. The molecule has 4 rings (SSSR count). The summed E-state index contributed by atoms with van der Waals surface area (Å²) in [6.07, 6.45) is 2.81. The third kappa shape index (κ3) is 7.18. The molecule has 0 radical (unpaired) electrons. The summed E-state index contributed by atoms with van der Waals surface area (Å²) in [5.74, 6) is 0.598. The summed E-state index contributed by atoms with van der Waals surface area (Å²) in [5.41, 5.74) is 0.270. The Hall–Kier alpha value is -2.89. The minimum absolute atomic E-state index is 0.0725. The van der Waals surface area contributed by atoms with Crippen LogP contribution in [0.25, 0.3) is 0 Å². The maximum Gasteiger partial charge on any atom is 0.282 e. The standard InChI is InChI=1S/C31H48FN7O3/c1-20(2)26(14-24(40)15-36(7)8)38-17-31(18-38)11-12-37(16-31)28-29(35-34-19-33-28)42-27-10-9-23(32)13-25(27)30(41)39(21(3)4)22(5)6/h9-10,13,19-22,24,26,40H,11-12,14-18H2,1-8H3/t24-,26+/m1/s1. The van der Waals surface area contributed by atoms with Crippen molar-refractivity contribution in [3.8, 4) is 11.6 Å². The molecule has 2 aliphatic heterocycles. The first-order valence-electron chi connectivity index (χ1n) is 15.1. The van der Waals surface area contributed by atoms with Gasteiger partial charge in [0.2, 0.25) is 0 Å². The monoisotopic (exact) mass is 585 g/mol. The Balaban J connectivity index is 1.49. The second kappa shape index (κ2) is 13.2. The number of aliphatic hydroxyl groups is 1. The van der Waals surface area contributed by atoms with Gasteiger partial charge >= 0.3 is 0 Å². The lowest BCUT2D eigenvalue weighted by Gasteiger charge is -2.53. The number of hydrogen-bond acceptors (Lipinski definition) is 9. The van der Waals surface area contributed by atoms with Crippen LogP contribution in [0, 0.1) is 17.2 Å². The van der Waals surface area contributed by atoms with Gasteiger partial charge in [-0.15, -0.1) is 10.2 Å². The van der Waals surface area contributed by atoms with Gasteiger partial charge < -0.3 is 24.5 Å². The molecule has 2 aliphatic rings. The largest absolute Gasteiger partial charge is 0.434 e. The maximum atomic E-state index is 14.3. The van der Waals surface area contributed by atoms with E-state index in [1.807, 2.05) is 46.7 Å². The highest BCUT2D eigenvalue weighted by atomic mass is 19.1. The van der Waals surface area contributed by atoms with Gasteiger partial charge in [-0.25, -0.2) is 9.37 Å². The zero-order valence-electron chi connectivity index (χ0n) is 26.4. The SMILES string of the molecule is CC(C)[C@H](C[C@@H](O)CN(C)C)N1CC2(CCN(c3ncnnc3Oc3ccc(F)cc3C(=O)N(C(C)C)C(C)C)C2)C1. The number of halogens is 1. The van der Waals surface area contributed by atoms with Crippen LogP contribution in [-0.2, 0) is 0 Å². The van der Waals surface area contributed by atoms with E-state index >= 15 is 0 Å². The van der Waals surface area contributed by atoms with E-state index < -0.39 is 5.82 Å². The van der Waals surface area contributed by atoms with Gasteiger partial charge in [0.05, 0.1) is 11.7 Å². The number of likely N-dealkylation sites (N-methyl/N-ethyl adjacent to an activating group) is 1. The lowest BCUT2D eigenvalue weighted by Crippen LogP contribution is -2.62. The van der Waals surface area contributed by atoms with E-state index in [0.717, 1.165) is 39.0 Å². The van der Waals surface area contributed by atoms with Gasteiger partial charge in [-0.2, -0.15) is 0 Å². The molecule has 2 atom stereocenters. The summed E-state index contributed by atoms with van der Waals surface area (Å²) in [4.78, 5) is 26.4. The van der Waals surface area contributed by atoms with E-state index in [-0.39, 0.29) is 46.7 Å². The van der Waals surface area contributed by atoms with Crippen molar-refractivity contribution >= 4 is 11.7 Å². The molecule has 2 aromatic rings. The number of aromatic nitrogens is 3. The number of benzene rings is 1. The highest BCUT2D eigenvalue weighted by molar-refractivity contribution is 5.97. The molecule has 1 aromatic heterocycles. The van der Waals surface area contributed by atoms with Gasteiger partial charge in [0.15, 0.2) is 5.82 Å². The van der Waals surface area contributed by atoms with Crippen LogP contribution in [0.4, 0.5) is 10.2 Å². The van der Waals surface area contributed by atoms with Crippen LogP contribution in [-0.4, -0.2) is 112 Å². The van der Waals surface area contributed by atoms with Crippen LogP contribution in [0.3, 0.4) is 0 Å². The Labute approximate surface area is 249 Å². The molecule has 42 heavy (non-hydrogen) atoms. The number of likely N-dealkylation sites (tertiary alicyclic amines) is 1. The Kier molecular flexibility index (Phi) is 10.1. The molecule has 0 saturated carbocycles. The zero-order chi connectivity index (χ0) is 30.8. The molecule has 2 fully saturated rings. The van der Waals surface area contributed by atoms with E-state index in [1.165, 1.54) is 24.5 Å². The molecule has 1 N–H and O–H groups in total. The van der Waals surface area contributed by atoms with Crippen molar-refractivity contribution in [2.75, 3.05) is 51.7 Å². The van der Waals surface area contributed by atoms with Crippen molar-refractivity contribution in [2.45, 2.75) is 78.6 Å². The van der Waals surface area contributed by atoms with Crippen molar-refractivity contribution < 1.29 is 19.0 Å². The topological polar surface area (TPSA) is 98.2 Å². The Morgan fingerprint density at radius 3 is 2.43 bits per heavy atom. The molecule has 0 unspecified atom stereocenters. The molecule has 1 aromatic carbocycles. The number of ether oxygens (including phenoxy) is 1. The van der Waals surface area contributed by atoms with Gasteiger partial charge in [0.1, 0.15) is 17.9 Å². The van der Waals surface area contributed by atoms with Crippen molar-refractivity contribution in [3.63, 3.8) is 0 Å². The number of carbonyl (C=O) groups is 1. The van der Waals surface area contributed by atoms with E-state index in [9.17, 15) is 14.3 Å². The summed E-state index contributed by atoms with van der Waals surface area (Å²) in [6.45, 7) is 16.4. The van der Waals surface area contributed by atoms with Gasteiger partial charge in [-0.1, -0.05) is 13.8 Å². The highest BCUT2D eigenvalue weighted by Gasteiger charge is 2.50. The van der Waals surface area contributed by atoms with Crippen LogP contribution in [0.1, 0.15) is 64.7 Å². The average Bonchev–Trinajstić information content (AvgIpc) is 3.32. The second-order valence-electron chi connectivity index (χ2n) is 13.3. The third-order valence-corrected chi connectivity index (χ3v) is 8.44. The molecule has 11 heteroatoms. The van der Waals surface area contributed by atoms with Crippen LogP contribution >= 0.6 is 0 Å². The van der Waals surface area contributed by atoms with Crippen molar-refractivity contribution in [3.05, 3.63) is 35.9 Å². The van der Waals surface area contributed by atoms with Gasteiger partial charge in [0.25, 0.3) is 11.8 Å². The van der Waals surface area contributed by atoms with Gasteiger partial charge in [-0.05, 0) is 78.7 Å². The van der Waals surface area contributed by atoms with Crippen LogP contribution < -0.4 is 9.64 Å². The molecule has 10 nitrogen and oxygen atoms in total. The van der Waals surface area contributed by atoms with Gasteiger partial charge in [0, 0.05) is 56.3 Å². The van der Waals surface area contributed by atoms with Crippen LogP contribution in [0.2, 0.25) is 0 Å². The molecule has 3 heterocycles. The summed E-state index contributed by atoms with van der Waals surface area (Å²) in [6, 6.07) is 4.14. The van der Waals surface area contributed by atoms with Crippen molar-refractivity contribution in [1.29, 1.82) is 0 Å². The van der Waals surface area contributed by atoms with E-state index in [1.54, 1.807) is 4.90 Å². The first-order valence-corrected chi connectivity index (χ1v) is 15.1. The average molecular weight is 586 g/mol.